The molecule has 0 aliphatic carbocycles. The minimum absolute atomic E-state index is 0.109. The molecular formula is C16H24N2O3S. The summed E-state index contributed by atoms with van der Waals surface area (Å²) < 4.78 is 17.0. The smallest absolute Gasteiger partial charge is 0.322 e. The van der Waals surface area contributed by atoms with Crippen LogP contribution < -0.4 is 5.32 Å². The maximum atomic E-state index is 12.5. The molecule has 1 aliphatic rings. The van der Waals surface area contributed by atoms with Crippen molar-refractivity contribution in [2.75, 3.05) is 31.3 Å². The van der Waals surface area contributed by atoms with E-state index < -0.39 is 10.8 Å². The van der Waals surface area contributed by atoms with E-state index in [0.717, 1.165) is 6.42 Å². The lowest BCUT2D eigenvalue weighted by atomic mass is 10.0. The number of ether oxygens (including phenoxy) is 1. The second-order valence-corrected chi connectivity index (χ2v) is 7.34. The number of nitrogens with one attached hydrogen (secondary N) is 1. The molecule has 2 amide bonds. The van der Waals surface area contributed by atoms with Crippen LogP contribution in [0.5, 0.6) is 0 Å². The van der Waals surface area contributed by atoms with Gasteiger partial charge in [0, 0.05) is 34.2 Å². The van der Waals surface area contributed by atoms with E-state index in [1.807, 2.05) is 11.0 Å². The lowest BCUT2D eigenvalue weighted by Gasteiger charge is -2.36. The average Bonchev–Trinajstić information content (AvgIpc) is 2.47. The summed E-state index contributed by atoms with van der Waals surface area (Å²) in [6.45, 7) is 6.05. The summed E-state index contributed by atoms with van der Waals surface area (Å²) in [6, 6.07) is 7.16. The lowest BCUT2D eigenvalue weighted by molar-refractivity contribution is 0.00857. The average molecular weight is 324 g/mol. The molecule has 2 rings (SSSR count). The summed E-state index contributed by atoms with van der Waals surface area (Å²) in [6.07, 6.45) is 2.55. The van der Waals surface area contributed by atoms with E-state index in [0.29, 0.717) is 36.3 Å². The van der Waals surface area contributed by atoms with E-state index in [9.17, 15) is 9.00 Å². The molecule has 1 aliphatic heterocycles. The van der Waals surface area contributed by atoms with Gasteiger partial charge >= 0.3 is 6.03 Å². The predicted octanol–water partition coefficient (Wildman–Crippen LogP) is 2.70. The Morgan fingerprint density at radius 3 is 2.95 bits per heavy atom. The first-order valence-electron chi connectivity index (χ1n) is 7.56. The normalized spacial score (nSPS) is 20.0. The van der Waals surface area contributed by atoms with E-state index >= 15 is 0 Å². The Morgan fingerprint density at radius 2 is 2.27 bits per heavy atom. The molecule has 0 aromatic heterocycles. The minimum Gasteiger partial charge on any atom is -0.377 e. The summed E-state index contributed by atoms with van der Waals surface area (Å²) in [4.78, 5) is 15.1. The SMILES string of the molecule is CC(C)C[C@@H]1COCCN1C(=O)Nc1cccc([S@@](C)=O)c1. The lowest BCUT2D eigenvalue weighted by Crippen LogP contribution is -2.50. The number of urea groups is 1. The summed E-state index contributed by atoms with van der Waals surface area (Å²) >= 11 is 0. The fraction of sp³-hybridized carbons (Fsp3) is 0.562. The summed E-state index contributed by atoms with van der Waals surface area (Å²) in [5.74, 6) is 0.507. The van der Waals surface area contributed by atoms with E-state index in [1.54, 1.807) is 24.5 Å². The van der Waals surface area contributed by atoms with Crippen LogP contribution in [0.15, 0.2) is 29.2 Å². The van der Waals surface area contributed by atoms with Crippen molar-refractivity contribution in [1.29, 1.82) is 0 Å². The topological polar surface area (TPSA) is 58.6 Å². The van der Waals surface area contributed by atoms with Crippen LogP contribution in [0.1, 0.15) is 20.3 Å². The number of benzene rings is 1. The second-order valence-electron chi connectivity index (χ2n) is 5.96. The molecular weight excluding hydrogens is 300 g/mol. The fourth-order valence-electron chi connectivity index (χ4n) is 2.61. The number of hydrogen-bond donors (Lipinski definition) is 1. The van der Waals surface area contributed by atoms with E-state index in [2.05, 4.69) is 19.2 Å². The molecule has 0 bridgehead atoms. The third-order valence-corrected chi connectivity index (χ3v) is 4.57. The molecule has 0 radical (unpaired) electrons. The molecule has 122 valence electrons. The third-order valence-electron chi connectivity index (χ3n) is 3.65. The number of morpholine rings is 1. The van der Waals surface area contributed by atoms with Crippen molar-refractivity contribution in [3.05, 3.63) is 24.3 Å². The number of rotatable bonds is 4. The highest BCUT2D eigenvalue weighted by Gasteiger charge is 2.27. The molecule has 6 heteroatoms. The maximum absolute atomic E-state index is 12.5. The van der Waals surface area contributed by atoms with Crippen LogP contribution in [-0.4, -0.2) is 47.2 Å². The molecule has 5 nitrogen and oxygen atoms in total. The van der Waals surface area contributed by atoms with Crippen molar-refractivity contribution in [2.45, 2.75) is 31.2 Å². The van der Waals surface area contributed by atoms with Crippen LogP contribution in [0, 0.1) is 5.92 Å². The first-order valence-corrected chi connectivity index (χ1v) is 9.12. The van der Waals surface area contributed by atoms with Crippen molar-refractivity contribution < 1.29 is 13.7 Å². The Hall–Kier alpha value is -1.40. The van der Waals surface area contributed by atoms with Crippen LogP contribution in [0.3, 0.4) is 0 Å². The van der Waals surface area contributed by atoms with Gasteiger partial charge in [-0.25, -0.2) is 4.79 Å². The van der Waals surface area contributed by atoms with Crippen LogP contribution in [0.2, 0.25) is 0 Å². The van der Waals surface area contributed by atoms with Crippen molar-refractivity contribution >= 4 is 22.5 Å². The van der Waals surface area contributed by atoms with Gasteiger partial charge in [0.15, 0.2) is 0 Å². The molecule has 1 saturated heterocycles. The highest BCUT2D eigenvalue weighted by atomic mass is 32.2. The van der Waals surface area contributed by atoms with Gasteiger partial charge in [0.1, 0.15) is 0 Å². The van der Waals surface area contributed by atoms with Gasteiger partial charge in [-0.15, -0.1) is 0 Å². The summed E-state index contributed by atoms with van der Waals surface area (Å²) in [5, 5.41) is 2.91. The van der Waals surface area contributed by atoms with Crippen molar-refractivity contribution in [2.24, 2.45) is 5.92 Å². The Bertz CT molecular complexity index is 548. The molecule has 0 saturated carbocycles. The van der Waals surface area contributed by atoms with Gasteiger partial charge < -0.3 is 15.0 Å². The molecule has 0 unspecified atom stereocenters. The van der Waals surface area contributed by atoms with Gasteiger partial charge in [0.05, 0.1) is 19.3 Å². The van der Waals surface area contributed by atoms with Gasteiger partial charge in [-0.05, 0) is 30.5 Å². The minimum atomic E-state index is -1.06. The number of carbonyl (C=O) groups is 1. The van der Waals surface area contributed by atoms with Crippen LogP contribution in [0.25, 0.3) is 0 Å². The first kappa shape index (κ1) is 17.0. The zero-order valence-electron chi connectivity index (χ0n) is 13.4. The zero-order valence-corrected chi connectivity index (χ0v) is 14.2. The largest absolute Gasteiger partial charge is 0.377 e. The molecule has 22 heavy (non-hydrogen) atoms. The number of carbonyl (C=O) groups excluding carboxylic acids is 1. The van der Waals surface area contributed by atoms with Crippen molar-refractivity contribution in [3.8, 4) is 0 Å². The molecule has 1 fully saturated rings. The number of anilines is 1. The monoisotopic (exact) mass is 324 g/mol. The predicted molar refractivity (Wildman–Crippen MR) is 88.6 cm³/mol. The Morgan fingerprint density at radius 1 is 1.50 bits per heavy atom. The van der Waals surface area contributed by atoms with Gasteiger partial charge in [-0.1, -0.05) is 19.9 Å². The maximum Gasteiger partial charge on any atom is 0.322 e. The van der Waals surface area contributed by atoms with Crippen molar-refractivity contribution in [1.82, 2.24) is 4.90 Å². The highest BCUT2D eigenvalue weighted by Crippen LogP contribution is 2.18. The van der Waals surface area contributed by atoms with Crippen LogP contribution in [0.4, 0.5) is 10.5 Å². The molecule has 2 atom stereocenters. The molecule has 1 heterocycles. The van der Waals surface area contributed by atoms with Gasteiger partial charge in [0.25, 0.3) is 0 Å². The van der Waals surface area contributed by atoms with Crippen molar-refractivity contribution in [3.63, 3.8) is 0 Å². The Balaban J connectivity index is 2.06. The summed E-state index contributed by atoms with van der Waals surface area (Å²) in [7, 11) is -1.06. The van der Waals surface area contributed by atoms with E-state index in [-0.39, 0.29) is 12.1 Å². The summed E-state index contributed by atoms with van der Waals surface area (Å²) in [5.41, 5.74) is 0.674. The standard InChI is InChI=1S/C16H24N2O3S/c1-12(2)9-14-11-21-8-7-18(14)16(19)17-13-5-4-6-15(10-13)22(3)20/h4-6,10,12,14H,7-9,11H2,1-3H3,(H,17,19)/t14-,22-/m1/s1. The zero-order chi connectivity index (χ0) is 16.1. The first-order chi connectivity index (χ1) is 10.5. The Labute approximate surface area is 134 Å². The number of nitrogens with zero attached hydrogens (tertiary/aromatic N) is 1. The van der Waals surface area contributed by atoms with Crippen LogP contribution >= 0.6 is 0 Å². The van der Waals surface area contributed by atoms with Gasteiger partial charge in [-0.2, -0.15) is 0 Å². The number of amides is 2. The quantitative estimate of drug-likeness (QED) is 0.926. The van der Waals surface area contributed by atoms with Gasteiger partial charge in [0.2, 0.25) is 0 Å². The Kier molecular flexibility index (Phi) is 5.97. The number of hydrogen-bond acceptors (Lipinski definition) is 3. The molecule has 1 aromatic carbocycles. The molecule has 1 N–H and O–H groups in total. The van der Waals surface area contributed by atoms with Gasteiger partial charge in [-0.3, -0.25) is 4.21 Å². The fourth-order valence-corrected chi connectivity index (χ4v) is 3.17. The molecule has 1 aromatic rings. The molecule has 0 spiro atoms. The second kappa shape index (κ2) is 7.74. The van der Waals surface area contributed by atoms with E-state index in [4.69, 9.17) is 4.74 Å². The van der Waals surface area contributed by atoms with E-state index in [1.165, 1.54) is 0 Å². The highest BCUT2D eigenvalue weighted by molar-refractivity contribution is 7.84. The third kappa shape index (κ3) is 4.55. The van der Waals surface area contributed by atoms with Crippen LogP contribution in [-0.2, 0) is 15.5 Å².